The van der Waals surface area contributed by atoms with E-state index in [1.165, 1.54) is 0 Å². The first kappa shape index (κ1) is 15.8. The molecule has 0 unspecified atom stereocenters. The lowest BCUT2D eigenvalue weighted by molar-refractivity contribution is 0.133. The van der Waals surface area contributed by atoms with E-state index in [1.54, 1.807) is 0 Å². The van der Waals surface area contributed by atoms with Gasteiger partial charge in [0.2, 0.25) is 6.43 Å². The molecule has 0 aliphatic rings. The van der Waals surface area contributed by atoms with Gasteiger partial charge in [0.15, 0.2) is 0 Å². The lowest BCUT2D eigenvalue weighted by atomic mass is 10.1. The molecule has 0 atom stereocenters. The van der Waals surface area contributed by atoms with Crippen molar-refractivity contribution in [3.63, 3.8) is 0 Å². The van der Waals surface area contributed by atoms with E-state index in [0.29, 0.717) is 12.8 Å². The van der Waals surface area contributed by atoms with E-state index in [-0.39, 0.29) is 12.2 Å². The minimum absolute atomic E-state index is 0.0250. The van der Waals surface area contributed by atoms with Crippen LogP contribution in [0.15, 0.2) is 0 Å². The summed E-state index contributed by atoms with van der Waals surface area (Å²) in [6.45, 7) is 0. The van der Waals surface area contributed by atoms with Gasteiger partial charge >= 0.3 is 0 Å². The monoisotopic (exact) mass is 258 g/mol. The Kier molecular flexibility index (Phi) is 8.74. The Morgan fingerprint density at radius 1 is 0.875 bits per heavy atom. The molecule has 0 saturated carbocycles. The summed E-state index contributed by atoms with van der Waals surface area (Å²) >= 11 is 0. The highest BCUT2D eigenvalue weighted by Gasteiger charge is 2.03. The Hall–Kier alpha value is -0.230. The summed E-state index contributed by atoms with van der Waals surface area (Å²) in [6, 6.07) is 0. The van der Waals surface area contributed by atoms with Gasteiger partial charge in [0.05, 0.1) is 5.75 Å². The lowest BCUT2D eigenvalue weighted by Crippen LogP contribution is -2.03. The summed E-state index contributed by atoms with van der Waals surface area (Å²) in [5.74, 6) is -0.182. The molecule has 16 heavy (non-hydrogen) atoms. The number of halogens is 2. The van der Waals surface area contributed by atoms with Crippen LogP contribution in [0.1, 0.15) is 51.4 Å². The molecular weight excluding hydrogens is 238 g/mol. The van der Waals surface area contributed by atoms with Crippen molar-refractivity contribution >= 4 is 10.1 Å². The largest absolute Gasteiger partial charge is 0.286 e. The Bertz CT molecular complexity index is 253. The van der Waals surface area contributed by atoms with E-state index in [1.807, 2.05) is 0 Å². The third kappa shape index (κ3) is 13.8. The molecule has 0 radical (unpaired) electrons. The number of hydrogen-bond donors (Lipinski definition) is 1. The maximum atomic E-state index is 11.7. The fraction of sp³-hybridized carbons (Fsp3) is 1.00. The molecule has 0 aliphatic carbocycles. The molecule has 98 valence electrons. The average molecular weight is 258 g/mol. The van der Waals surface area contributed by atoms with Gasteiger partial charge in [0.1, 0.15) is 0 Å². The van der Waals surface area contributed by atoms with Crippen LogP contribution >= 0.6 is 0 Å². The van der Waals surface area contributed by atoms with Crippen LogP contribution in [0.25, 0.3) is 0 Å². The summed E-state index contributed by atoms with van der Waals surface area (Å²) in [5, 5.41) is 0. The minimum Gasteiger partial charge on any atom is -0.286 e. The molecule has 0 aliphatic heterocycles. The van der Waals surface area contributed by atoms with Gasteiger partial charge < -0.3 is 0 Å². The normalized spacial score (nSPS) is 12.2. The highest BCUT2D eigenvalue weighted by atomic mass is 32.2. The van der Waals surface area contributed by atoms with E-state index in [2.05, 4.69) is 0 Å². The Morgan fingerprint density at radius 3 is 1.75 bits per heavy atom. The third-order valence-corrected chi connectivity index (χ3v) is 3.13. The van der Waals surface area contributed by atoms with Crippen molar-refractivity contribution in [2.45, 2.75) is 57.8 Å². The standard InChI is InChI=1S/C10H20F2O3S/c11-10(12)8-6-4-2-1-3-5-7-9-16(13,14)15/h10H,1-9H2,(H,13,14,15). The molecular formula is C10H20F2O3S. The topological polar surface area (TPSA) is 54.4 Å². The molecule has 3 nitrogen and oxygen atoms in total. The molecule has 0 rings (SSSR count). The number of rotatable bonds is 10. The summed E-state index contributed by atoms with van der Waals surface area (Å²) in [7, 11) is -3.82. The fourth-order valence-corrected chi connectivity index (χ4v) is 2.04. The molecule has 0 bridgehead atoms. The van der Waals surface area contributed by atoms with E-state index < -0.39 is 16.5 Å². The summed E-state index contributed by atoms with van der Waals surface area (Å²) in [4.78, 5) is 0. The molecule has 0 fully saturated rings. The third-order valence-electron chi connectivity index (χ3n) is 2.32. The second-order valence-corrected chi connectivity index (χ2v) is 5.51. The molecule has 0 amide bonds. The zero-order chi connectivity index (χ0) is 12.4. The summed E-state index contributed by atoms with van der Waals surface area (Å²) < 4.78 is 52.6. The van der Waals surface area contributed by atoms with Crippen LogP contribution in [0.4, 0.5) is 8.78 Å². The quantitative estimate of drug-likeness (QED) is 0.483. The zero-order valence-electron chi connectivity index (χ0n) is 9.37. The van der Waals surface area contributed by atoms with E-state index in [4.69, 9.17) is 4.55 Å². The predicted molar refractivity (Wildman–Crippen MR) is 59.4 cm³/mol. The molecule has 0 heterocycles. The average Bonchev–Trinajstić information content (AvgIpc) is 2.13. The van der Waals surface area contributed by atoms with Crippen molar-refractivity contribution in [1.82, 2.24) is 0 Å². The highest BCUT2D eigenvalue weighted by Crippen LogP contribution is 2.11. The van der Waals surface area contributed by atoms with Crippen molar-refractivity contribution in [3.8, 4) is 0 Å². The van der Waals surface area contributed by atoms with Crippen LogP contribution in [0.5, 0.6) is 0 Å². The van der Waals surface area contributed by atoms with E-state index >= 15 is 0 Å². The Balaban J connectivity index is 3.10. The molecule has 0 aromatic rings. The second kappa shape index (κ2) is 8.87. The smallest absolute Gasteiger partial charge is 0.264 e. The van der Waals surface area contributed by atoms with Gasteiger partial charge in [-0.2, -0.15) is 8.42 Å². The lowest BCUT2D eigenvalue weighted by Gasteiger charge is -2.01. The van der Waals surface area contributed by atoms with Crippen LogP contribution in [0, 0.1) is 0 Å². The van der Waals surface area contributed by atoms with Crippen molar-refractivity contribution in [3.05, 3.63) is 0 Å². The van der Waals surface area contributed by atoms with Gasteiger partial charge in [0, 0.05) is 6.42 Å². The molecule has 0 spiro atoms. The van der Waals surface area contributed by atoms with Crippen molar-refractivity contribution in [1.29, 1.82) is 0 Å². The molecule has 1 N–H and O–H groups in total. The fourth-order valence-electron chi connectivity index (χ4n) is 1.47. The van der Waals surface area contributed by atoms with Gasteiger partial charge in [-0.25, -0.2) is 8.78 Å². The van der Waals surface area contributed by atoms with Gasteiger partial charge in [-0.3, -0.25) is 4.55 Å². The molecule has 0 aromatic heterocycles. The first-order valence-corrected chi connectivity index (χ1v) is 7.26. The highest BCUT2D eigenvalue weighted by molar-refractivity contribution is 7.85. The van der Waals surface area contributed by atoms with Crippen LogP contribution in [0.3, 0.4) is 0 Å². The van der Waals surface area contributed by atoms with Crippen molar-refractivity contribution < 1.29 is 21.8 Å². The van der Waals surface area contributed by atoms with Crippen molar-refractivity contribution in [2.75, 3.05) is 5.75 Å². The predicted octanol–water partition coefficient (Wildman–Crippen LogP) is 3.26. The first-order valence-electron chi connectivity index (χ1n) is 5.65. The maximum Gasteiger partial charge on any atom is 0.264 e. The van der Waals surface area contributed by atoms with Crippen molar-refractivity contribution in [2.24, 2.45) is 0 Å². The summed E-state index contributed by atoms with van der Waals surface area (Å²) in [6.07, 6.45) is 3.12. The van der Waals surface area contributed by atoms with Crippen LogP contribution in [0.2, 0.25) is 0 Å². The Morgan fingerprint density at radius 2 is 1.31 bits per heavy atom. The summed E-state index contributed by atoms with van der Waals surface area (Å²) in [5.41, 5.74) is 0. The second-order valence-electron chi connectivity index (χ2n) is 3.94. The molecule has 0 aromatic carbocycles. The van der Waals surface area contributed by atoms with Crippen LogP contribution < -0.4 is 0 Å². The van der Waals surface area contributed by atoms with Gasteiger partial charge in [-0.05, 0) is 12.8 Å². The van der Waals surface area contributed by atoms with Crippen LogP contribution in [-0.4, -0.2) is 25.1 Å². The Labute approximate surface area is 96.0 Å². The van der Waals surface area contributed by atoms with E-state index in [0.717, 1.165) is 32.1 Å². The maximum absolute atomic E-state index is 11.7. The molecule has 6 heteroatoms. The van der Waals surface area contributed by atoms with Crippen LogP contribution in [-0.2, 0) is 10.1 Å². The van der Waals surface area contributed by atoms with Gasteiger partial charge in [-0.15, -0.1) is 0 Å². The number of alkyl halides is 2. The van der Waals surface area contributed by atoms with Gasteiger partial charge in [-0.1, -0.05) is 32.1 Å². The zero-order valence-corrected chi connectivity index (χ0v) is 10.2. The number of hydrogen-bond acceptors (Lipinski definition) is 2. The van der Waals surface area contributed by atoms with E-state index in [9.17, 15) is 17.2 Å². The van der Waals surface area contributed by atoms with Gasteiger partial charge in [0.25, 0.3) is 10.1 Å². The molecule has 0 saturated heterocycles. The number of unbranched alkanes of at least 4 members (excludes halogenated alkanes) is 6. The SMILES string of the molecule is O=S(=O)(O)CCCCCCCCCC(F)F. The minimum atomic E-state index is -3.82. The first-order chi connectivity index (χ1) is 7.42.